The van der Waals surface area contributed by atoms with Crippen LogP contribution in [0.4, 0.5) is 4.79 Å². The molecule has 33 heavy (non-hydrogen) atoms. The van der Waals surface area contributed by atoms with E-state index in [4.69, 9.17) is 19.3 Å². The summed E-state index contributed by atoms with van der Waals surface area (Å²) in [4.78, 5) is 23.0. The summed E-state index contributed by atoms with van der Waals surface area (Å²) >= 11 is 0. The number of aromatic nitrogens is 2. The molecule has 1 aromatic rings. The number of carbonyl (C=O) groups is 2. The van der Waals surface area contributed by atoms with Crippen LogP contribution < -0.4 is 15.4 Å². The number of aliphatic carboxylic acids is 1. The summed E-state index contributed by atoms with van der Waals surface area (Å²) in [7, 11) is 0. The van der Waals surface area contributed by atoms with Crippen LogP contribution in [-0.4, -0.2) is 70.9 Å². The maximum atomic E-state index is 12.2. The predicted molar refractivity (Wildman–Crippen MR) is 120 cm³/mol. The number of hydrogen-bond donors (Lipinski definition) is 3. The first-order valence-electron chi connectivity index (χ1n) is 11.7. The molecule has 1 saturated heterocycles. The van der Waals surface area contributed by atoms with Gasteiger partial charge in [0.05, 0.1) is 24.9 Å². The lowest BCUT2D eigenvalue weighted by Gasteiger charge is -2.35. The molecule has 184 valence electrons. The van der Waals surface area contributed by atoms with E-state index < -0.39 is 24.3 Å². The molecule has 2 unspecified atom stereocenters. The van der Waals surface area contributed by atoms with Crippen molar-refractivity contribution in [2.75, 3.05) is 19.8 Å². The zero-order chi connectivity index (χ0) is 23.8. The highest BCUT2D eigenvalue weighted by Gasteiger charge is 2.31. The minimum Gasteiger partial charge on any atom is -0.479 e. The van der Waals surface area contributed by atoms with Gasteiger partial charge in [0.1, 0.15) is 5.60 Å². The number of nitrogens with zero attached hydrogens (tertiary/aromatic N) is 2. The van der Waals surface area contributed by atoms with Crippen molar-refractivity contribution in [3.05, 3.63) is 17.8 Å². The van der Waals surface area contributed by atoms with Gasteiger partial charge in [-0.1, -0.05) is 0 Å². The molecule has 1 amide bonds. The number of carboxylic acid groups (broad SMARTS) is 1. The van der Waals surface area contributed by atoms with Gasteiger partial charge in [0.2, 0.25) is 5.88 Å². The lowest BCUT2D eigenvalue weighted by atomic mass is 9.83. The summed E-state index contributed by atoms with van der Waals surface area (Å²) in [5, 5.41) is 23.1. The Morgan fingerprint density at radius 1 is 1.21 bits per heavy atom. The molecule has 1 aliphatic carbocycles. The summed E-state index contributed by atoms with van der Waals surface area (Å²) in [5.74, 6) is -0.509. The Hall–Kier alpha value is -2.46. The molecular formula is C23H36N4O6. The molecule has 1 aliphatic heterocycles. The topological polar surface area (TPSA) is 132 Å². The van der Waals surface area contributed by atoms with Crippen LogP contribution in [0.25, 0.3) is 0 Å². The fourth-order valence-corrected chi connectivity index (χ4v) is 4.42. The zero-order valence-corrected chi connectivity index (χ0v) is 19.7. The Morgan fingerprint density at radius 3 is 2.67 bits per heavy atom. The van der Waals surface area contributed by atoms with Crippen LogP contribution >= 0.6 is 0 Å². The fourth-order valence-electron chi connectivity index (χ4n) is 4.42. The van der Waals surface area contributed by atoms with Gasteiger partial charge >= 0.3 is 12.1 Å². The highest BCUT2D eigenvalue weighted by Crippen LogP contribution is 2.37. The highest BCUT2D eigenvalue weighted by atomic mass is 16.6. The fraction of sp³-hybridized carbons (Fsp3) is 0.739. The number of carbonyl (C=O) groups excluding carboxylic acids is 1. The molecule has 2 heterocycles. The zero-order valence-electron chi connectivity index (χ0n) is 19.7. The molecule has 10 nitrogen and oxygen atoms in total. The standard InChI is InChI=1S/C23H36N4O6/c1-23(2,3)33-22(30)26-18-5-4-11-24-19(18)13-31-16-8-6-15(7-9-16)17-10-12-25-27-21(17)32-14-20(28)29/h10,12,15-16,18-19,24H,4-9,11,13-14H2,1-3H3,(H,26,30)(H,28,29). The molecule has 0 radical (unpaired) electrons. The van der Waals surface area contributed by atoms with Gasteiger partial charge in [0, 0.05) is 11.6 Å². The number of amides is 1. The third-order valence-corrected chi connectivity index (χ3v) is 5.96. The Kier molecular flexibility index (Phi) is 8.85. The molecule has 1 aromatic heterocycles. The molecule has 0 bridgehead atoms. The Bertz CT molecular complexity index is 791. The van der Waals surface area contributed by atoms with Crippen molar-refractivity contribution in [1.29, 1.82) is 0 Å². The predicted octanol–water partition coefficient (Wildman–Crippen LogP) is 2.63. The Balaban J connectivity index is 1.47. The van der Waals surface area contributed by atoms with E-state index in [0.29, 0.717) is 12.5 Å². The van der Waals surface area contributed by atoms with E-state index in [1.807, 2.05) is 26.8 Å². The van der Waals surface area contributed by atoms with E-state index >= 15 is 0 Å². The number of ether oxygens (including phenoxy) is 3. The Labute approximate surface area is 194 Å². The van der Waals surface area contributed by atoms with E-state index in [0.717, 1.165) is 50.6 Å². The SMILES string of the molecule is CC(C)(C)OC(=O)NC1CCCNC1COC1CCC(c2ccnnc2OCC(=O)O)CC1. The van der Waals surface area contributed by atoms with Crippen LogP contribution in [0.1, 0.15) is 70.8 Å². The maximum absolute atomic E-state index is 12.2. The molecule has 3 N–H and O–H groups in total. The average molecular weight is 465 g/mol. The van der Waals surface area contributed by atoms with Crippen molar-refractivity contribution in [3.63, 3.8) is 0 Å². The van der Waals surface area contributed by atoms with Crippen molar-refractivity contribution in [1.82, 2.24) is 20.8 Å². The Morgan fingerprint density at radius 2 is 1.97 bits per heavy atom. The van der Waals surface area contributed by atoms with E-state index in [2.05, 4.69) is 20.8 Å². The van der Waals surface area contributed by atoms with Crippen LogP contribution in [0, 0.1) is 0 Å². The van der Waals surface area contributed by atoms with Gasteiger partial charge in [-0.25, -0.2) is 9.59 Å². The lowest BCUT2D eigenvalue weighted by molar-refractivity contribution is -0.139. The number of nitrogens with one attached hydrogen (secondary N) is 2. The van der Waals surface area contributed by atoms with Gasteiger partial charge < -0.3 is 30.0 Å². The van der Waals surface area contributed by atoms with Gasteiger partial charge in [-0.3, -0.25) is 0 Å². The van der Waals surface area contributed by atoms with Crippen LogP contribution in [0.15, 0.2) is 12.3 Å². The minimum atomic E-state index is -1.04. The number of rotatable bonds is 8. The van der Waals surface area contributed by atoms with Crippen molar-refractivity contribution in [3.8, 4) is 5.88 Å². The second-order valence-electron chi connectivity index (χ2n) is 9.74. The first kappa shape index (κ1) is 25.2. The summed E-state index contributed by atoms with van der Waals surface area (Å²) < 4.78 is 17.0. The van der Waals surface area contributed by atoms with E-state index in [1.54, 1.807) is 6.20 Å². The first-order chi connectivity index (χ1) is 15.7. The molecule has 0 spiro atoms. The molecule has 0 aromatic carbocycles. The molecular weight excluding hydrogens is 428 g/mol. The maximum Gasteiger partial charge on any atom is 0.407 e. The summed E-state index contributed by atoms with van der Waals surface area (Å²) in [6.07, 6.45) is 6.83. The lowest BCUT2D eigenvalue weighted by Crippen LogP contribution is -2.56. The normalized spacial score (nSPS) is 25.8. The number of carboxylic acids is 1. The minimum absolute atomic E-state index is 0.0261. The largest absolute Gasteiger partial charge is 0.479 e. The third kappa shape index (κ3) is 8.12. The van der Waals surface area contributed by atoms with Crippen LogP contribution in [0.3, 0.4) is 0 Å². The van der Waals surface area contributed by atoms with Gasteiger partial charge in [0.15, 0.2) is 6.61 Å². The summed E-state index contributed by atoms with van der Waals surface area (Å²) in [6, 6.07) is 1.88. The smallest absolute Gasteiger partial charge is 0.407 e. The van der Waals surface area contributed by atoms with Crippen LogP contribution in [0.5, 0.6) is 5.88 Å². The molecule has 2 fully saturated rings. The van der Waals surface area contributed by atoms with Crippen LogP contribution in [0.2, 0.25) is 0 Å². The van der Waals surface area contributed by atoms with E-state index in [1.165, 1.54) is 0 Å². The summed E-state index contributed by atoms with van der Waals surface area (Å²) in [5.41, 5.74) is 0.375. The molecule has 2 aliphatic rings. The molecule has 2 atom stereocenters. The van der Waals surface area contributed by atoms with Gasteiger partial charge in [-0.15, -0.1) is 5.10 Å². The number of alkyl carbamates (subject to hydrolysis) is 1. The van der Waals surface area contributed by atoms with Crippen molar-refractivity contribution < 1.29 is 28.9 Å². The van der Waals surface area contributed by atoms with E-state index in [-0.39, 0.29) is 24.1 Å². The molecule has 10 heteroatoms. The van der Waals surface area contributed by atoms with Gasteiger partial charge in [-0.05, 0) is 77.8 Å². The van der Waals surface area contributed by atoms with Crippen molar-refractivity contribution in [2.24, 2.45) is 0 Å². The van der Waals surface area contributed by atoms with Gasteiger partial charge in [0.25, 0.3) is 0 Å². The van der Waals surface area contributed by atoms with Crippen molar-refractivity contribution >= 4 is 12.1 Å². The van der Waals surface area contributed by atoms with Crippen molar-refractivity contribution in [2.45, 2.75) is 89.0 Å². The number of hydrogen-bond acceptors (Lipinski definition) is 8. The monoisotopic (exact) mass is 464 g/mol. The van der Waals surface area contributed by atoms with Crippen LogP contribution in [-0.2, 0) is 14.3 Å². The summed E-state index contributed by atoms with van der Waals surface area (Å²) in [6.45, 7) is 6.56. The third-order valence-electron chi connectivity index (χ3n) is 5.96. The number of piperidine rings is 1. The average Bonchev–Trinajstić information content (AvgIpc) is 2.76. The van der Waals surface area contributed by atoms with E-state index in [9.17, 15) is 9.59 Å². The molecule has 3 rings (SSSR count). The van der Waals surface area contributed by atoms with Gasteiger partial charge in [-0.2, -0.15) is 5.10 Å². The molecule has 1 saturated carbocycles. The first-order valence-corrected chi connectivity index (χ1v) is 11.7. The highest BCUT2D eigenvalue weighted by molar-refractivity contribution is 5.68. The quantitative estimate of drug-likeness (QED) is 0.531. The second-order valence-corrected chi connectivity index (χ2v) is 9.74. The second kappa shape index (κ2) is 11.6.